The van der Waals surface area contributed by atoms with Gasteiger partial charge in [-0.05, 0) is 51.9 Å². The summed E-state index contributed by atoms with van der Waals surface area (Å²) in [5.41, 5.74) is 8.94. The predicted octanol–water partition coefficient (Wildman–Crippen LogP) is 7.54. The second kappa shape index (κ2) is 7.85. The summed E-state index contributed by atoms with van der Waals surface area (Å²) in [4.78, 5) is 0. The molecular weight excluding hydrogens is 364 g/mol. The van der Waals surface area contributed by atoms with E-state index in [1.807, 2.05) is 0 Å². The lowest BCUT2D eigenvalue weighted by atomic mass is 9.94. The van der Waals surface area contributed by atoms with Gasteiger partial charge in [-0.3, -0.25) is 0 Å². The molecule has 0 heterocycles. The molecule has 0 fully saturated rings. The van der Waals surface area contributed by atoms with Gasteiger partial charge < -0.3 is 0 Å². The molecule has 4 aromatic rings. The van der Waals surface area contributed by atoms with Crippen molar-refractivity contribution in [2.24, 2.45) is 0 Å². The Hall–Kier alpha value is -2.90. The third kappa shape index (κ3) is 4.25. The Balaban J connectivity index is 1.63. The van der Waals surface area contributed by atoms with Gasteiger partial charge in [-0.15, -0.1) is 0 Å². The number of aryl methyl sites for hydroxylation is 1. The molecule has 0 amide bonds. The first-order valence-electron chi connectivity index (χ1n) is 10.3. The second-order valence-electron chi connectivity index (χ2n) is 8.80. The van der Waals surface area contributed by atoms with Gasteiger partial charge in [-0.1, -0.05) is 116 Å². The summed E-state index contributed by atoms with van der Waals surface area (Å²) in [7, 11) is -1.25. The predicted molar refractivity (Wildman–Crippen MR) is 130 cm³/mol. The topological polar surface area (TPSA) is 0 Å². The van der Waals surface area contributed by atoms with Crippen molar-refractivity contribution < 1.29 is 0 Å². The largest absolute Gasteiger partial charge is 0.0775 e. The Morgan fingerprint density at radius 2 is 0.966 bits per heavy atom. The van der Waals surface area contributed by atoms with Crippen molar-refractivity contribution >= 4 is 13.3 Å². The standard InChI is InChI=1S/C28H28Si/c1-21-10-11-26(20-28(21)25-8-6-5-7-9-25)24-14-12-22(13-15-24)23-16-18-27(19-17-23)29(2,3)4/h5-20H,1-4H3. The number of benzene rings is 4. The van der Waals surface area contributed by atoms with E-state index >= 15 is 0 Å². The molecule has 0 unspecified atom stereocenters. The van der Waals surface area contributed by atoms with E-state index in [4.69, 9.17) is 0 Å². The molecule has 0 aliphatic heterocycles. The van der Waals surface area contributed by atoms with E-state index in [0.29, 0.717) is 0 Å². The maximum Gasteiger partial charge on any atom is 0.0775 e. The van der Waals surface area contributed by atoms with Crippen LogP contribution < -0.4 is 5.19 Å². The van der Waals surface area contributed by atoms with Gasteiger partial charge >= 0.3 is 0 Å². The van der Waals surface area contributed by atoms with Gasteiger partial charge in [0, 0.05) is 0 Å². The molecule has 4 aromatic carbocycles. The normalized spacial score (nSPS) is 11.4. The van der Waals surface area contributed by atoms with Crippen molar-refractivity contribution in [2.75, 3.05) is 0 Å². The zero-order valence-electron chi connectivity index (χ0n) is 17.7. The minimum atomic E-state index is -1.25. The quantitative estimate of drug-likeness (QED) is 0.315. The van der Waals surface area contributed by atoms with Gasteiger partial charge in [0.25, 0.3) is 0 Å². The molecule has 0 aliphatic rings. The highest BCUT2D eigenvalue weighted by Gasteiger charge is 2.15. The molecule has 0 spiro atoms. The molecule has 0 radical (unpaired) electrons. The number of hydrogen-bond donors (Lipinski definition) is 0. The van der Waals surface area contributed by atoms with Gasteiger partial charge in [-0.25, -0.2) is 0 Å². The Morgan fingerprint density at radius 3 is 1.52 bits per heavy atom. The monoisotopic (exact) mass is 392 g/mol. The number of hydrogen-bond acceptors (Lipinski definition) is 0. The first-order valence-corrected chi connectivity index (χ1v) is 13.8. The molecule has 0 atom stereocenters. The first-order chi connectivity index (χ1) is 13.9. The molecule has 0 N–H and O–H groups in total. The lowest BCUT2D eigenvalue weighted by Crippen LogP contribution is -2.37. The lowest BCUT2D eigenvalue weighted by Gasteiger charge is -2.17. The summed E-state index contributed by atoms with van der Waals surface area (Å²) in [5, 5.41) is 1.51. The van der Waals surface area contributed by atoms with E-state index in [-0.39, 0.29) is 0 Å². The Bertz CT molecular complexity index is 1100. The van der Waals surface area contributed by atoms with E-state index < -0.39 is 8.07 Å². The molecule has 144 valence electrons. The Morgan fingerprint density at radius 1 is 0.483 bits per heavy atom. The summed E-state index contributed by atoms with van der Waals surface area (Å²) in [5.74, 6) is 0. The summed E-state index contributed by atoms with van der Waals surface area (Å²) in [6.45, 7) is 9.35. The first kappa shape index (κ1) is 19.4. The van der Waals surface area contributed by atoms with E-state index in [2.05, 4.69) is 124 Å². The third-order valence-electron chi connectivity index (χ3n) is 5.62. The fourth-order valence-electron chi connectivity index (χ4n) is 3.75. The van der Waals surface area contributed by atoms with Crippen molar-refractivity contribution in [3.63, 3.8) is 0 Å². The van der Waals surface area contributed by atoms with Crippen LogP contribution in [0.25, 0.3) is 33.4 Å². The summed E-state index contributed by atoms with van der Waals surface area (Å²) >= 11 is 0. The minimum Gasteiger partial charge on any atom is -0.0656 e. The van der Waals surface area contributed by atoms with Crippen molar-refractivity contribution in [1.29, 1.82) is 0 Å². The van der Waals surface area contributed by atoms with Crippen LogP contribution in [-0.2, 0) is 0 Å². The molecule has 0 saturated carbocycles. The molecular formula is C28H28Si. The van der Waals surface area contributed by atoms with Crippen molar-refractivity contribution in [3.8, 4) is 33.4 Å². The van der Waals surface area contributed by atoms with Crippen LogP contribution in [0.2, 0.25) is 19.6 Å². The fourth-order valence-corrected chi connectivity index (χ4v) is 4.91. The SMILES string of the molecule is Cc1ccc(-c2ccc(-c3ccc([Si](C)(C)C)cc3)cc2)cc1-c1ccccc1. The van der Waals surface area contributed by atoms with Crippen LogP contribution in [0, 0.1) is 6.92 Å². The van der Waals surface area contributed by atoms with Crippen LogP contribution in [0.15, 0.2) is 97.1 Å². The van der Waals surface area contributed by atoms with Crippen molar-refractivity contribution in [1.82, 2.24) is 0 Å². The van der Waals surface area contributed by atoms with Gasteiger partial charge in [-0.2, -0.15) is 0 Å². The highest BCUT2D eigenvalue weighted by atomic mass is 28.3. The zero-order chi connectivity index (χ0) is 20.4. The third-order valence-corrected chi connectivity index (χ3v) is 7.69. The van der Waals surface area contributed by atoms with Crippen LogP contribution in [0.1, 0.15) is 5.56 Å². The average Bonchev–Trinajstić information content (AvgIpc) is 2.74. The van der Waals surface area contributed by atoms with Gasteiger partial charge in [0.2, 0.25) is 0 Å². The zero-order valence-corrected chi connectivity index (χ0v) is 18.7. The highest BCUT2D eigenvalue weighted by Crippen LogP contribution is 2.30. The Kier molecular flexibility index (Phi) is 5.25. The lowest BCUT2D eigenvalue weighted by molar-refractivity contribution is 1.45. The molecule has 1 heteroatoms. The van der Waals surface area contributed by atoms with Crippen LogP contribution in [-0.4, -0.2) is 8.07 Å². The van der Waals surface area contributed by atoms with E-state index in [0.717, 1.165) is 0 Å². The summed E-state index contributed by atoms with van der Waals surface area (Å²) in [6, 6.07) is 35.5. The maximum atomic E-state index is 2.39. The van der Waals surface area contributed by atoms with Crippen LogP contribution >= 0.6 is 0 Å². The molecule has 29 heavy (non-hydrogen) atoms. The average molecular weight is 393 g/mol. The molecule has 0 nitrogen and oxygen atoms in total. The Labute approximate surface area is 175 Å². The maximum absolute atomic E-state index is 2.39. The van der Waals surface area contributed by atoms with E-state index in [1.165, 1.54) is 44.1 Å². The minimum absolute atomic E-state index is 1.25. The summed E-state index contributed by atoms with van der Waals surface area (Å²) < 4.78 is 0. The molecule has 0 saturated heterocycles. The van der Waals surface area contributed by atoms with E-state index in [1.54, 1.807) is 0 Å². The van der Waals surface area contributed by atoms with Gasteiger partial charge in [0.1, 0.15) is 0 Å². The van der Waals surface area contributed by atoms with Crippen molar-refractivity contribution in [2.45, 2.75) is 26.6 Å². The van der Waals surface area contributed by atoms with Gasteiger partial charge in [0.05, 0.1) is 8.07 Å². The molecule has 0 aromatic heterocycles. The second-order valence-corrected chi connectivity index (χ2v) is 13.9. The molecule has 0 aliphatic carbocycles. The highest BCUT2D eigenvalue weighted by molar-refractivity contribution is 6.88. The smallest absolute Gasteiger partial charge is 0.0656 e. The van der Waals surface area contributed by atoms with Crippen molar-refractivity contribution in [3.05, 3.63) is 103 Å². The van der Waals surface area contributed by atoms with Crippen LogP contribution in [0.4, 0.5) is 0 Å². The van der Waals surface area contributed by atoms with E-state index in [9.17, 15) is 0 Å². The summed E-state index contributed by atoms with van der Waals surface area (Å²) in [6.07, 6.45) is 0. The van der Waals surface area contributed by atoms with Gasteiger partial charge in [0.15, 0.2) is 0 Å². The molecule has 0 bridgehead atoms. The number of rotatable bonds is 4. The van der Waals surface area contributed by atoms with Crippen LogP contribution in [0.5, 0.6) is 0 Å². The van der Waals surface area contributed by atoms with Crippen LogP contribution in [0.3, 0.4) is 0 Å². The fraction of sp³-hybridized carbons (Fsp3) is 0.143. The molecule has 4 rings (SSSR count).